The Morgan fingerprint density at radius 2 is 0.737 bits per heavy atom. The molecule has 0 aromatic rings. The van der Waals surface area contributed by atoms with E-state index < -0.39 is 15.1 Å². The third kappa shape index (κ3) is 31.1. The summed E-state index contributed by atoms with van der Waals surface area (Å²) >= 11 is 0. The van der Waals surface area contributed by atoms with Gasteiger partial charge in [-0.1, -0.05) is 137 Å². The van der Waals surface area contributed by atoms with E-state index in [0.717, 1.165) is 38.5 Å². The smallest absolute Gasteiger partial charge is 0.267 e. The number of unbranched alkanes of at least 4 members (excludes halogenated alkanes) is 16. The molecule has 0 heterocycles. The summed E-state index contributed by atoms with van der Waals surface area (Å²) in [6.07, 6.45) is 31.1. The van der Waals surface area contributed by atoms with Crippen molar-refractivity contribution in [3.05, 3.63) is 0 Å². The SMILES string of the molecule is CCCCCCCCOP(=O)([O-])OCCCCCCCC.CCCCC[P+](C)(CCCCC)CCCCC. The Morgan fingerprint density at radius 3 is 1.05 bits per heavy atom. The molecule has 0 N–H and O–H groups in total. The minimum Gasteiger partial charge on any atom is -0.756 e. The molecule has 0 atom stereocenters. The zero-order valence-electron chi connectivity index (χ0n) is 26.9. The van der Waals surface area contributed by atoms with Gasteiger partial charge >= 0.3 is 0 Å². The molecule has 0 bridgehead atoms. The van der Waals surface area contributed by atoms with Crippen LogP contribution in [0.25, 0.3) is 0 Å². The monoisotopic (exact) mass is 580 g/mol. The van der Waals surface area contributed by atoms with Crippen LogP contribution in [0.4, 0.5) is 0 Å². The van der Waals surface area contributed by atoms with Gasteiger partial charge in [0.2, 0.25) is 0 Å². The van der Waals surface area contributed by atoms with Crippen LogP contribution in [-0.4, -0.2) is 38.4 Å². The Hall–Kier alpha value is 0.540. The summed E-state index contributed by atoms with van der Waals surface area (Å²) < 4.78 is 21.2. The minimum atomic E-state index is -4.07. The second-order valence-electron chi connectivity index (χ2n) is 11.6. The molecule has 0 unspecified atom stereocenters. The zero-order valence-corrected chi connectivity index (χ0v) is 28.7. The van der Waals surface area contributed by atoms with Gasteiger partial charge in [0.15, 0.2) is 0 Å². The normalized spacial score (nSPS) is 12.0. The highest BCUT2D eigenvalue weighted by atomic mass is 31.2. The molecule has 0 aliphatic heterocycles. The Bertz CT molecular complexity index is 453. The minimum absolute atomic E-state index is 0.253. The van der Waals surface area contributed by atoms with Crippen molar-refractivity contribution in [2.24, 2.45) is 0 Å². The molecule has 0 spiro atoms. The van der Waals surface area contributed by atoms with Gasteiger partial charge in [-0.2, -0.15) is 0 Å². The molecule has 232 valence electrons. The quantitative estimate of drug-likeness (QED) is 0.0682. The lowest BCUT2D eigenvalue weighted by molar-refractivity contribution is -0.225. The summed E-state index contributed by atoms with van der Waals surface area (Å²) in [6.45, 7) is 14.5. The number of hydrogen-bond acceptors (Lipinski definition) is 4. The van der Waals surface area contributed by atoms with Crippen molar-refractivity contribution in [1.29, 1.82) is 0 Å². The van der Waals surface area contributed by atoms with Crippen molar-refractivity contribution in [3.63, 3.8) is 0 Å². The first kappa shape index (κ1) is 40.7. The third-order valence-corrected chi connectivity index (χ3v) is 12.6. The van der Waals surface area contributed by atoms with Gasteiger partial charge in [0.25, 0.3) is 7.82 Å². The van der Waals surface area contributed by atoms with Crippen LogP contribution in [0.15, 0.2) is 0 Å². The van der Waals surface area contributed by atoms with Gasteiger partial charge in [-0.05, 0) is 32.1 Å². The van der Waals surface area contributed by atoms with Crippen LogP contribution in [0.5, 0.6) is 0 Å². The average molecular weight is 581 g/mol. The molecule has 0 saturated carbocycles. The van der Waals surface area contributed by atoms with Gasteiger partial charge in [0, 0.05) is 13.9 Å². The maximum atomic E-state index is 11.5. The van der Waals surface area contributed by atoms with Gasteiger partial charge in [-0.15, -0.1) is 0 Å². The first-order valence-electron chi connectivity index (χ1n) is 16.7. The molecule has 0 aromatic heterocycles. The Kier molecular flexibility index (Phi) is 32.6. The molecule has 38 heavy (non-hydrogen) atoms. The van der Waals surface area contributed by atoms with E-state index in [4.69, 9.17) is 9.05 Å². The van der Waals surface area contributed by atoms with Crippen LogP contribution in [0.1, 0.15) is 169 Å². The standard InChI is InChI=1S/C16H35O4P.C16H36P/c1-3-5-7-9-11-13-15-19-21(17,18)20-16-14-12-10-8-6-4-2;1-5-8-11-14-17(4,15-12-9-6-2)16-13-10-7-3/h3-16H2,1-2H3,(H,17,18);5-16H2,1-4H3/q;+1/p-1. The molecule has 0 rings (SSSR count). The van der Waals surface area contributed by atoms with Crippen LogP contribution in [0.2, 0.25) is 0 Å². The predicted octanol–water partition coefficient (Wildman–Crippen LogP) is 11.4. The summed E-state index contributed by atoms with van der Waals surface area (Å²) in [5.41, 5.74) is 0. The lowest BCUT2D eigenvalue weighted by atomic mass is 10.1. The molecular weight excluding hydrogens is 510 g/mol. The molecule has 0 aliphatic carbocycles. The molecule has 0 aromatic carbocycles. The fraction of sp³-hybridized carbons (Fsp3) is 1.00. The molecule has 0 radical (unpaired) electrons. The van der Waals surface area contributed by atoms with Crippen LogP contribution < -0.4 is 4.89 Å². The van der Waals surface area contributed by atoms with Crippen LogP contribution in [0, 0.1) is 0 Å². The maximum Gasteiger partial charge on any atom is 0.267 e. The van der Waals surface area contributed by atoms with E-state index in [0.29, 0.717) is 0 Å². The summed E-state index contributed by atoms with van der Waals surface area (Å²) in [7, 11) is -4.62. The molecule has 4 nitrogen and oxygen atoms in total. The molecule has 0 fully saturated rings. The van der Waals surface area contributed by atoms with E-state index in [9.17, 15) is 9.46 Å². The van der Waals surface area contributed by atoms with Crippen molar-refractivity contribution in [3.8, 4) is 0 Å². The van der Waals surface area contributed by atoms with Crippen molar-refractivity contribution in [2.75, 3.05) is 38.4 Å². The lowest BCUT2D eigenvalue weighted by Crippen LogP contribution is -2.10. The van der Waals surface area contributed by atoms with E-state index in [2.05, 4.69) is 41.3 Å². The molecule has 0 saturated heterocycles. The topological polar surface area (TPSA) is 58.6 Å². The molecular formula is C32H70O4P2. The summed E-state index contributed by atoms with van der Waals surface area (Å²) in [5.74, 6) is 0. The Morgan fingerprint density at radius 1 is 0.474 bits per heavy atom. The largest absolute Gasteiger partial charge is 0.756 e. The second kappa shape index (κ2) is 30.5. The second-order valence-corrected chi connectivity index (χ2v) is 17.6. The molecule has 0 amide bonds. The lowest BCUT2D eigenvalue weighted by Gasteiger charge is -2.23. The number of rotatable bonds is 28. The van der Waals surface area contributed by atoms with E-state index in [1.165, 1.54) is 96.3 Å². The summed E-state index contributed by atoms with van der Waals surface area (Å²) in [5, 5.41) is 0. The van der Waals surface area contributed by atoms with Gasteiger partial charge in [-0.25, -0.2) is 0 Å². The maximum absolute atomic E-state index is 11.5. The van der Waals surface area contributed by atoms with Crippen molar-refractivity contribution >= 4 is 15.1 Å². The fourth-order valence-electron chi connectivity index (χ4n) is 4.72. The zero-order chi connectivity index (χ0) is 28.8. The van der Waals surface area contributed by atoms with Gasteiger partial charge < -0.3 is 13.9 Å². The fourth-order valence-corrected chi connectivity index (χ4v) is 9.13. The highest BCUT2D eigenvalue weighted by Gasteiger charge is 2.29. The Labute approximate surface area is 241 Å². The molecule has 6 heteroatoms. The van der Waals surface area contributed by atoms with E-state index in [1.54, 1.807) is 18.5 Å². The Balaban J connectivity index is 0. The highest BCUT2D eigenvalue weighted by molar-refractivity contribution is 7.75. The predicted molar refractivity (Wildman–Crippen MR) is 172 cm³/mol. The van der Waals surface area contributed by atoms with Gasteiger partial charge in [0.05, 0.1) is 31.7 Å². The van der Waals surface area contributed by atoms with Crippen molar-refractivity contribution in [1.82, 2.24) is 0 Å². The van der Waals surface area contributed by atoms with Crippen LogP contribution >= 0.6 is 15.1 Å². The van der Waals surface area contributed by atoms with E-state index in [-0.39, 0.29) is 13.2 Å². The van der Waals surface area contributed by atoms with Crippen molar-refractivity contribution < 1.29 is 18.5 Å². The van der Waals surface area contributed by atoms with E-state index in [1.807, 2.05) is 0 Å². The average Bonchev–Trinajstić information content (AvgIpc) is 2.88. The van der Waals surface area contributed by atoms with Gasteiger partial charge in [0.1, 0.15) is 0 Å². The highest BCUT2D eigenvalue weighted by Crippen LogP contribution is 2.57. The summed E-state index contributed by atoms with van der Waals surface area (Å²) in [4.78, 5) is 11.5. The van der Waals surface area contributed by atoms with Crippen LogP contribution in [-0.2, 0) is 13.6 Å². The van der Waals surface area contributed by atoms with Crippen molar-refractivity contribution in [2.45, 2.75) is 169 Å². The van der Waals surface area contributed by atoms with E-state index >= 15 is 0 Å². The first-order valence-corrected chi connectivity index (χ1v) is 21.0. The molecule has 0 aliphatic rings. The van der Waals surface area contributed by atoms with Crippen LogP contribution in [0.3, 0.4) is 0 Å². The summed E-state index contributed by atoms with van der Waals surface area (Å²) in [6, 6.07) is 0. The first-order chi connectivity index (χ1) is 18.3. The number of phosphoric acid groups is 1. The third-order valence-electron chi connectivity index (χ3n) is 7.40. The number of phosphoric ester groups is 1. The van der Waals surface area contributed by atoms with Gasteiger partial charge in [-0.3, -0.25) is 4.57 Å². The number of hydrogen-bond donors (Lipinski definition) is 0.